The molecule has 1 aromatic carbocycles. The van der Waals surface area contributed by atoms with E-state index in [0.717, 1.165) is 24.1 Å². The van der Waals surface area contributed by atoms with E-state index in [9.17, 15) is 4.79 Å². The van der Waals surface area contributed by atoms with Crippen LogP contribution in [0.5, 0.6) is 0 Å². The molecule has 3 nitrogen and oxygen atoms in total. The van der Waals surface area contributed by atoms with Crippen LogP contribution in [0, 0.1) is 12.8 Å². The van der Waals surface area contributed by atoms with Gasteiger partial charge in [0.15, 0.2) is 0 Å². The molecule has 0 aromatic heterocycles. The molecule has 0 spiro atoms. The molecule has 4 heteroatoms. The molecule has 0 amide bonds. The third-order valence-electron chi connectivity index (χ3n) is 3.12. The van der Waals surface area contributed by atoms with Gasteiger partial charge < -0.3 is 10.4 Å². The Balaban J connectivity index is 2.04. The molecule has 0 heterocycles. The van der Waals surface area contributed by atoms with Gasteiger partial charge in [-0.3, -0.25) is 4.79 Å². The molecular formula is C12H14ClNO2. The summed E-state index contributed by atoms with van der Waals surface area (Å²) in [7, 11) is 0. The van der Waals surface area contributed by atoms with Gasteiger partial charge in [-0.2, -0.15) is 0 Å². The quantitative estimate of drug-likeness (QED) is 0.853. The highest BCUT2D eigenvalue weighted by Crippen LogP contribution is 2.31. The number of aliphatic carboxylic acids is 1. The minimum atomic E-state index is -0.720. The number of carbonyl (C=O) groups is 1. The van der Waals surface area contributed by atoms with E-state index in [0.29, 0.717) is 5.02 Å². The van der Waals surface area contributed by atoms with E-state index in [2.05, 4.69) is 5.32 Å². The van der Waals surface area contributed by atoms with Crippen molar-refractivity contribution in [3.63, 3.8) is 0 Å². The minimum absolute atomic E-state index is 0.0382. The summed E-state index contributed by atoms with van der Waals surface area (Å²) in [5.41, 5.74) is 1.92. The second-order valence-electron chi connectivity index (χ2n) is 4.24. The predicted octanol–water partition coefficient (Wildman–Crippen LogP) is 2.92. The molecule has 2 N–H and O–H groups in total. The summed E-state index contributed by atoms with van der Waals surface area (Å²) in [6.07, 6.45) is 1.66. The standard InChI is InChI=1S/C12H14ClNO2/c1-7-2-3-8(6-10(7)13)14-11-5-4-9(11)12(15)16/h2-3,6,9,11,14H,4-5H2,1H3,(H,15,16). The van der Waals surface area contributed by atoms with E-state index in [1.807, 2.05) is 25.1 Å². The van der Waals surface area contributed by atoms with Crippen LogP contribution >= 0.6 is 11.6 Å². The van der Waals surface area contributed by atoms with Crippen molar-refractivity contribution in [2.45, 2.75) is 25.8 Å². The Labute approximate surface area is 99.4 Å². The van der Waals surface area contributed by atoms with Crippen LogP contribution in [0.25, 0.3) is 0 Å². The zero-order chi connectivity index (χ0) is 11.7. The zero-order valence-electron chi connectivity index (χ0n) is 9.03. The summed E-state index contributed by atoms with van der Waals surface area (Å²) < 4.78 is 0. The zero-order valence-corrected chi connectivity index (χ0v) is 9.79. The first kappa shape index (κ1) is 11.3. The summed E-state index contributed by atoms with van der Waals surface area (Å²) in [5, 5.41) is 12.8. The second kappa shape index (κ2) is 4.34. The number of carboxylic acids is 1. The first-order chi connectivity index (χ1) is 7.58. The largest absolute Gasteiger partial charge is 0.481 e. The second-order valence-corrected chi connectivity index (χ2v) is 4.64. The van der Waals surface area contributed by atoms with E-state index in [1.165, 1.54) is 0 Å². The SMILES string of the molecule is Cc1ccc(NC2CCC2C(=O)O)cc1Cl. The molecule has 0 saturated heterocycles. The summed E-state index contributed by atoms with van der Waals surface area (Å²) in [6, 6.07) is 5.74. The van der Waals surface area contributed by atoms with Gasteiger partial charge in [0, 0.05) is 16.8 Å². The van der Waals surface area contributed by atoms with Gasteiger partial charge in [0.05, 0.1) is 5.92 Å². The lowest BCUT2D eigenvalue weighted by atomic mass is 9.79. The molecular weight excluding hydrogens is 226 g/mol. The first-order valence-electron chi connectivity index (χ1n) is 5.33. The highest BCUT2D eigenvalue weighted by Gasteiger charge is 2.36. The van der Waals surface area contributed by atoms with Gasteiger partial charge in [-0.25, -0.2) is 0 Å². The lowest BCUT2D eigenvalue weighted by Crippen LogP contribution is -2.42. The normalized spacial score (nSPS) is 23.6. The lowest BCUT2D eigenvalue weighted by Gasteiger charge is -2.34. The third-order valence-corrected chi connectivity index (χ3v) is 3.52. The molecule has 1 aliphatic carbocycles. The summed E-state index contributed by atoms with van der Waals surface area (Å²) in [6.45, 7) is 1.94. The van der Waals surface area contributed by atoms with Crippen molar-refractivity contribution in [2.24, 2.45) is 5.92 Å². The molecule has 2 rings (SSSR count). The Hall–Kier alpha value is -1.22. The molecule has 16 heavy (non-hydrogen) atoms. The number of nitrogens with one attached hydrogen (secondary N) is 1. The van der Waals surface area contributed by atoms with Gasteiger partial charge in [0.1, 0.15) is 0 Å². The van der Waals surface area contributed by atoms with Crippen LogP contribution < -0.4 is 5.32 Å². The molecule has 0 radical (unpaired) electrons. The van der Waals surface area contributed by atoms with Crippen molar-refractivity contribution >= 4 is 23.3 Å². The van der Waals surface area contributed by atoms with Gasteiger partial charge in [-0.05, 0) is 37.5 Å². The lowest BCUT2D eigenvalue weighted by molar-refractivity contribution is -0.144. The number of benzene rings is 1. The number of halogens is 1. The van der Waals surface area contributed by atoms with Gasteiger partial charge >= 0.3 is 5.97 Å². The first-order valence-corrected chi connectivity index (χ1v) is 5.71. The van der Waals surface area contributed by atoms with Crippen LogP contribution in [0.3, 0.4) is 0 Å². The molecule has 1 saturated carbocycles. The number of rotatable bonds is 3. The minimum Gasteiger partial charge on any atom is -0.481 e. The van der Waals surface area contributed by atoms with Crippen LogP contribution in [-0.4, -0.2) is 17.1 Å². The molecule has 1 aliphatic rings. The number of anilines is 1. The molecule has 0 aliphatic heterocycles. The smallest absolute Gasteiger partial charge is 0.308 e. The van der Waals surface area contributed by atoms with E-state index >= 15 is 0 Å². The number of aryl methyl sites for hydroxylation is 1. The fourth-order valence-corrected chi connectivity index (χ4v) is 2.05. The van der Waals surface area contributed by atoms with Gasteiger partial charge in [-0.1, -0.05) is 17.7 Å². The molecule has 1 aromatic rings. The summed E-state index contributed by atoms with van der Waals surface area (Å²) in [5.74, 6) is -0.984. The number of hydrogen-bond acceptors (Lipinski definition) is 2. The van der Waals surface area contributed by atoms with Gasteiger partial charge in [0.25, 0.3) is 0 Å². The van der Waals surface area contributed by atoms with Crippen LogP contribution in [0.1, 0.15) is 18.4 Å². The predicted molar refractivity (Wildman–Crippen MR) is 64.0 cm³/mol. The van der Waals surface area contributed by atoms with E-state index in [4.69, 9.17) is 16.7 Å². The summed E-state index contributed by atoms with van der Waals surface area (Å²) >= 11 is 6.00. The Morgan fingerprint density at radius 3 is 2.75 bits per heavy atom. The Kier molecular flexibility index (Phi) is 3.06. The average molecular weight is 240 g/mol. The van der Waals surface area contributed by atoms with E-state index in [1.54, 1.807) is 0 Å². The van der Waals surface area contributed by atoms with Crippen molar-refractivity contribution < 1.29 is 9.90 Å². The van der Waals surface area contributed by atoms with E-state index < -0.39 is 5.97 Å². The topological polar surface area (TPSA) is 49.3 Å². The van der Waals surface area contributed by atoms with Crippen LogP contribution in [0.2, 0.25) is 5.02 Å². The van der Waals surface area contributed by atoms with Crippen molar-refractivity contribution in [3.05, 3.63) is 28.8 Å². The molecule has 0 bridgehead atoms. The van der Waals surface area contributed by atoms with Crippen LogP contribution in [0.15, 0.2) is 18.2 Å². The average Bonchev–Trinajstić information content (AvgIpc) is 2.17. The Morgan fingerprint density at radius 2 is 2.25 bits per heavy atom. The van der Waals surface area contributed by atoms with Crippen LogP contribution in [-0.2, 0) is 4.79 Å². The molecule has 2 atom stereocenters. The monoisotopic (exact) mass is 239 g/mol. The van der Waals surface area contributed by atoms with Crippen molar-refractivity contribution in [1.29, 1.82) is 0 Å². The fraction of sp³-hybridized carbons (Fsp3) is 0.417. The number of carboxylic acid groups (broad SMARTS) is 1. The highest BCUT2D eigenvalue weighted by molar-refractivity contribution is 6.31. The molecule has 86 valence electrons. The fourth-order valence-electron chi connectivity index (χ4n) is 1.87. The summed E-state index contributed by atoms with van der Waals surface area (Å²) in [4.78, 5) is 10.8. The van der Waals surface area contributed by atoms with Crippen molar-refractivity contribution in [3.8, 4) is 0 Å². The highest BCUT2D eigenvalue weighted by atomic mass is 35.5. The Morgan fingerprint density at radius 1 is 1.50 bits per heavy atom. The molecule has 2 unspecified atom stereocenters. The maximum Gasteiger partial charge on any atom is 0.308 e. The van der Waals surface area contributed by atoms with Gasteiger partial charge in [-0.15, -0.1) is 0 Å². The molecule has 1 fully saturated rings. The maximum atomic E-state index is 10.8. The van der Waals surface area contributed by atoms with Crippen LogP contribution in [0.4, 0.5) is 5.69 Å². The van der Waals surface area contributed by atoms with Gasteiger partial charge in [0.2, 0.25) is 0 Å². The van der Waals surface area contributed by atoms with E-state index in [-0.39, 0.29) is 12.0 Å². The van der Waals surface area contributed by atoms with Crippen molar-refractivity contribution in [1.82, 2.24) is 0 Å². The third kappa shape index (κ3) is 2.14. The Bertz CT molecular complexity index is 419. The maximum absolute atomic E-state index is 10.8. The van der Waals surface area contributed by atoms with Crippen molar-refractivity contribution in [2.75, 3.05) is 5.32 Å². The number of hydrogen-bond donors (Lipinski definition) is 2.